The lowest BCUT2D eigenvalue weighted by atomic mass is 10.0. The number of carbonyl (C=O) groups excluding carboxylic acids is 2. The van der Waals surface area contributed by atoms with Crippen LogP contribution in [0.5, 0.6) is 0 Å². The third-order valence-corrected chi connectivity index (χ3v) is 5.44. The highest BCUT2D eigenvalue weighted by Crippen LogP contribution is 2.30. The molecule has 0 aromatic heterocycles. The van der Waals surface area contributed by atoms with Crippen LogP contribution in [0, 0.1) is 5.82 Å². The fourth-order valence-corrected chi connectivity index (χ4v) is 3.63. The number of Topliss-reactive ketones (excluding diaryl/α,β-unsaturated/α-hetero) is 1. The summed E-state index contributed by atoms with van der Waals surface area (Å²) in [5, 5.41) is 3.54. The SMILES string of the molecule is CCc1ccc(Cl)c(CC)c1NC(=O)CSc1ccc(C(C)=O)cc1F. The molecule has 0 aliphatic heterocycles. The van der Waals surface area contributed by atoms with Gasteiger partial charge in [-0.1, -0.05) is 37.6 Å². The molecule has 0 atom stereocenters. The van der Waals surface area contributed by atoms with Gasteiger partial charge in [-0.2, -0.15) is 0 Å². The average Bonchev–Trinajstić information content (AvgIpc) is 2.61. The lowest BCUT2D eigenvalue weighted by Crippen LogP contribution is -2.17. The highest BCUT2D eigenvalue weighted by Gasteiger charge is 2.14. The van der Waals surface area contributed by atoms with Crippen LogP contribution in [0.4, 0.5) is 10.1 Å². The number of anilines is 1. The molecule has 3 nitrogen and oxygen atoms in total. The maximum Gasteiger partial charge on any atom is 0.234 e. The van der Waals surface area contributed by atoms with Gasteiger partial charge >= 0.3 is 0 Å². The Kier molecular flexibility index (Phi) is 7.23. The molecule has 0 fully saturated rings. The van der Waals surface area contributed by atoms with Crippen molar-refractivity contribution in [3.8, 4) is 0 Å². The molecule has 0 saturated carbocycles. The van der Waals surface area contributed by atoms with Gasteiger partial charge in [-0.15, -0.1) is 11.8 Å². The number of rotatable bonds is 7. The quantitative estimate of drug-likeness (QED) is 0.496. The van der Waals surface area contributed by atoms with E-state index >= 15 is 0 Å². The van der Waals surface area contributed by atoms with Gasteiger partial charge < -0.3 is 5.32 Å². The molecule has 0 unspecified atom stereocenters. The molecule has 6 heteroatoms. The highest BCUT2D eigenvalue weighted by molar-refractivity contribution is 8.00. The standard InChI is InChI=1S/C20H21ClFNO2S/c1-4-13-6-8-16(21)15(5-2)20(13)23-19(25)11-26-18-9-7-14(12(3)24)10-17(18)22/h6-10H,4-5,11H2,1-3H3,(H,23,25). The van der Waals surface area contributed by atoms with Crippen LogP contribution >= 0.6 is 23.4 Å². The summed E-state index contributed by atoms with van der Waals surface area (Å²) in [6.07, 6.45) is 1.48. The summed E-state index contributed by atoms with van der Waals surface area (Å²) in [6.45, 7) is 5.38. The van der Waals surface area contributed by atoms with E-state index in [0.717, 1.165) is 35.0 Å². The van der Waals surface area contributed by atoms with E-state index in [4.69, 9.17) is 11.6 Å². The Morgan fingerprint density at radius 3 is 2.46 bits per heavy atom. The van der Waals surface area contributed by atoms with Crippen molar-refractivity contribution >= 4 is 40.7 Å². The monoisotopic (exact) mass is 393 g/mol. The van der Waals surface area contributed by atoms with Crippen molar-refractivity contribution in [1.29, 1.82) is 0 Å². The molecule has 0 heterocycles. The number of hydrogen-bond acceptors (Lipinski definition) is 3. The number of hydrogen-bond donors (Lipinski definition) is 1. The summed E-state index contributed by atoms with van der Waals surface area (Å²) >= 11 is 7.34. The van der Waals surface area contributed by atoms with E-state index in [0.29, 0.717) is 21.9 Å². The minimum Gasteiger partial charge on any atom is -0.325 e. The molecule has 0 radical (unpaired) electrons. The summed E-state index contributed by atoms with van der Waals surface area (Å²) in [6, 6.07) is 8.04. The van der Waals surface area contributed by atoms with Crippen molar-refractivity contribution in [3.63, 3.8) is 0 Å². The Balaban J connectivity index is 2.11. The second-order valence-electron chi connectivity index (χ2n) is 5.81. The van der Waals surface area contributed by atoms with E-state index in [1.165, 1.54) is 19.1 Å². The first kappa shape index (κ1) is 20.5. The first-order valence-corrected chi connectivity index (χ1v) is 9.77. The number of amides is 1. The second-order valence-corrected chi connectivity index (χ2v) is 7.23. The van der Waals surface area contributed by atoms with Crippen molar-refractivity contribution in [2.45, 2.75) is 38.5 Å². The van der Waals surface area contributed by atoms with Gasteiger partial charge in [-0.3, -0.25) is 9.59 Å². The van der Waals surface area contributed by atoms with E-state index in [1.54, 1.807) is 6.07 Å². The van der Waals surface area contributed by atoms with Crippen LogP contribution in [-0.4, -0.2) is 17.4 Å². The largest absolute Gasteiger partial charge is 0.325 e. The van der Waals surface area contributed by atoms with Gasteiger partial charge in [0.05, 0.1) is 5.75 Å². The van der Waals surface area contributed by atoms with Crippen molar-refractivity contribution < 1.29 is 14.0 Å². The van der Waals surface area contributed by atoms with E-state index in [2.05, 4.69) is 5.32 Å². The molecule has 0 spiro atoms. The highest BCUT2D eigenvalue weighted by atomic mass is 35.5. The van der Waals surface area contributed by atoms with Crippen LogP contribution < -0.4 is 5.32 Å². The predicted octanol–water partition coefficient (Wildman–Crippen LogP) is 5.54. The second kappa shape index (κ2) is 9.19. The van der Waals surface area contributed by atoms with E-state index in [1.807, 2.05) is 26.0 Å². The Bertz CT molecular complexity index is 839. The van der Waals surface area contributed by atoms with E-state index in [9.17, 15) is 14.0 Å². The Hall–Kier alpha value is -1.85. The lowest BCUT2D eigenvalue weighted by Gasteiger charge is -2.16. The molecular formula is C20H21ClFNO2S. The molecule has 2 aromatic rings. The Morgan fingerprint density at radius 1 is 1.15 bits per heavy atom. The molecule has 1 amide bonds. The summed E-state index contributed by atoms with van der Waals surface area (Å²) < 4.78 is 14.1. The van der Waals surface area contributed by atoms with Crippen molar-refractivity contribution in [2.24, 2.45) is 0 Å². The zero-order valence-corrected chi connectivity index (χ0v) is 16.6. The number of benzene rings is 2. The number of aryl methyl sites for hydroxylation is 1. The smallest absolute Gasteiger partial charge is 0.234 e. The van der Waals surface area contributed by atoms with Gasteiger partial charge in [0.2, 0.25) is 5.91 Å². The lowest BCUT2D eigenvalue weighted by molar-refractivity contribution is -0.113. The third-order valence-electron chi connectivity index (χ3n) is 4.04. The number of ketones is 1. The van der Waals surface area contributed by atoms with Gasteiger partial charge in [-0.25, -0.2) is 4.39 Å². The topological polar surface area (TPSA) is 46.2 Å². The first-order valence-electron chi connectivity index (χ1n) is 8.40. The summed E-state index contributed by atoms with van der Waals surface area (Å²) in [7, 11) is 0. The van der Waals surface area contributed by atoms with Crippen molar-refractivity contribution in [1.82, 2.24) is 0 Å². The van der Waals surface area contributed by atoms with Crippen LogP contribution in [0.25, 0.3) is 0 Å². The van der Waals surface area contributed by atoms with Crippen LogP contribution in [-0.2, 0) is 17.6 Å². The predicted molar refractivity (Wildman–Crippen MR) is 106 cm³/mol. The molecule has 2 aromatic carbocycles. The molecule has 0 bridgehead atoms. The number of halogens is 2. The van der Waals surface area contributed by atoms with Crippen molar-refractivity contribution in [2.75, 3.05) is 11.1 Å². The zero-order chi connectivity index (χ0) is 19.3. The number of thioether (sulfide) groups is 1. The van der Waals surface area contributed by atoms with Crippen LogP contribution in [0.1, 0.15) is 42.3 Å². The van der Waals surface area contributed by atoms with Gasteiger partial charge in [0.15, 0.2) is 5.78 Å². The minimum absolute atomic E-state index is 0.0646. The number of nitrogens with one attached hydrogen (secondary N) is 1. The molecule has 0 aliphatic rings. The van der Waals surface area contributed by atoms with Crippen LogP contribution in [0.2, 0.25) is 5.02 Å². The molecule has 1 N–H and O–H groups in total. The molecule has 2 rings (SSSR count). The summed E-state index contributed by atoms with van der Waals surface area (Å²) in [5.41, 5.74) is 2.99. The Labute approximate surface area is 162 Å². The first-order chi connectivity index (χ1) is 12.4. The fourth-order valence-electron chi connectivity index (χ4n) is 2.62. The van der Waals surface area contributed by atoms with E-state index in [-0.39, 0.29) is 17.4 Å². The van der Waals surface area contributed by atoms with E-state index < -0.39 is 5.82 Å². The van der Waals surface area contributed by atoms with Crippen molar-refractivity contribution in [3.05, 3.63) is 57.9 Å². The fraction of sp³-hybridized carbons (Fsp3) is 0.300. The van der Waals surface area contributed by atoms with Crippen LogP contribution in [0.15, 0.2) is 35.2 Å². The summed E-state index contributed by atoms with van der Waals surface area (Å²) in [4.78, 5) is 24.0. The molecule has 0 aliphatic carbocycles. The molecule has 26 heavy (non-hydrogen) atoms. The minimum atomic E-state index is -0.498. The van der Waals surface area contributed by atoms with Crippen LogP contribution in [0.3, 0.4) is 0 Å². The third kappa shape index (κ3) is 4.86. The summed E-state index contributed by atoms with van der Waals surface area (Å²) in [5.74, 6) is -0.855. The maximum absolute atomic E-state index is 14.1. The average molecular weight is 394 g/mol. The van der Waals surface area contributed by atoms with Gasteiger partial charge in [0.1, 0.15) is 5.82 Å². The zero-order valence-electron chi connectivity index (χ0n) is 15.0. The van der Waals surface area contributed by atoms with Gasteiger partial charge in [0.25, 0.3) is 0 Å². The molecule has 0 saturated heterocycles. The van der Waals surface area contributed by atoms with Gasteiger partial charge in [-0.05, 0) is 49.1 Å². The normalized spacial score (nSPS) is 10.7. The Morgan fingerprint density at radius 2 is 1.88 bits per heavy atom. The number of carbonyl (C=O) groups is 2. The molecule has 138 valence electrons. The molecular weight excluding hydrogens is 373 g/mol. The van der Waals surface area contributed by atoms with Gasteiger partial charge in [0, 0.05) is 21.2 Å². The maximum atomic E-state index is 14.1.